The highest BCUT2D eigenvalue weighted by Gasteiger charge is 2.26. The number of halogens is 1. The molecule has 2 aromatic carbocycles. The Bertz CT molecular complexity index is 777. The first-order chi connectivity index (χ1) is 12.1. The van der Waals surface area contributed by atoms with Crippen LogP contribution in [-0.4, -0.2) is 36.9 Å². The van der Waals surface area contributed by atoms with Gasteiger partial charge in [0.25, 0.3) is 5.91 Å². The van der Waals surface area contributed by atoms with Gasteiger partial charge in [-0.15, -0.1) is 0 Å². The summed E-state index contributed by atoms with van der Waals surface area (Å²) in [6, 6.07) is 11.6. The molecule has 1 atom stereocenters. The number of morpholine rings is 1. The van der Waals surface area contributed by atoms with Crippen LogP contribution in [0.25, 0.3) is 0 Å². The minimum Gasteiger partial charge on any atom is -0.370 e. The molecule has 0 bridgehead atoms. The van der Waals surface area contributed by atoms with Gasteiger partial charge in [0.2, 0.25) is 6.41 Å². The zero-order chi connectivity index (χ0) is 17.8. The molecular formula is C19H19FN2O3. The smallest absolute Gasteiger partial charge is 0.254 e. The molecule has 5 nitrogen and oxygen atoms in total. The third kappa shape index (κ3) is 3.85. The zero-order valence-electron chi connectivity index (χ0n) is 13.9. The summed E-state index contributed by atoms with van der Waals surface area (Å²) in [7, 11) is 0. The molecule has 0 aliphatic carbocycles. The second-order valence-corrected chi connectivity index (χ2v) is 5.96. The number of hydrogen-bond donors (Lipinski definition) is 1. The van der Waals surface area contributed by atoms with Gasteiger partial charge in [0.05, 0.1) is 13.2 Å². The second kappa shape index (κ2) is 7.44. The van der Waals surface area contributed by atoms with E-state index in [0.29, 0.717) is 42.9 Å². The third-order valence-electron chi connectivity index (χ3n) is 4.26. The molecule has 1 aliphatic rings. The predicted molar refractivity (Wildman–Crippen MR) is 91.9 cm³/mol. The lowest BCUT2D eigenvalue weighted by Gasteiger charge is -2.33. The van der Waals surface area contributed by atoms with Gasteiger partial charge in [-0.3, -0.25) is 9.59 Å². The maximum Gasteiger partial charge on any atom is 0.254 e. The molecule has 130 valence electrons. The Morgan fingerprint density at radius 3 is 2.72 bits per heavy atom. The van der Waals surface area contributed by atoms with Gasteiger partial charge in [-0.1, -0.05) is 12.1 Å². The first-order valence-electron chi connectivity index (χ1n) is 8.05. The van der Waals surface area contributed by atoms with Gasteiger partial charge in [0.15, 0.2) is 0 Å². The number of amides is 2. The number of hydrogen-bond acceptors (Lipinski definition) is 3. The number of benzene rings is 2. The lowest BCUT2D eigenvalue weighted by molar-refractivity contribution is -0.105. The van der Waals surface area contributed by atoms with Crippen molar-refractivity contribution in [2.24, 2.45) is 0 Å². The van der Waals surface area contributed by atoms with Gasteiger partial charge < -0.3 is 15.0 Å². The van der Waals surface area contributed by atoms with E-state index in [-0.39, 0.29) is 17.8 Å². The van der Waals surface area contributed by atoms with E-state index in [0.717, 1.165) is 5.56 Å². The van der Waals surface area contributed by atoms with Gasteiger partial charge in [-0.05, 0) is 48.4 Å². The Morgan fingerprint density at radius 1 is 1.28 bits per heavy atom. The number of aryl methyl sites for hydroxylation is 1. The highest BCUT2D eigenvalue weighted by Crippen LogP contribution is 2.25. The summed E-state index contributed by atoms with van der Waals surface area (Å²) in [5, 5.41) is 2.54. The third-order valence-corrected chi connectivity index (χ3v) is 4.26. The first kappa shape index (κ1) is 17.1. The van der Waals surface area contributed by atoms with Crippen molar-refractivity contribution >= 4 is 18.0 Å². The summed E-state index contributed by atoms with van der Waals surface area (Å²) in [5.74, 6) is -0.346. The normalized spacial score (nSPS) is 17.2. The van der Waals surface area contributed by atoms with Crippen LogP contribution in [0.4, 0.5) is 10.1 Å². The molecule has 0 spiro atoms. The van der Waals surface area contributed by atoms with Crippen LogP contribution in [0.15, 0.2) is 42.5 Å². The summed E-state index contributed by atoms with van der Waals surface area (Å²) in [6.45, 7) is 3.05. The van der Waals surface area contributed by atoms with Crippen molar-refractivity contribution in [3.8, 4) is 0 Å². The van der Waals surface area contributed by atoms with Gasteiger partial charge in [0, 0.05) is 17.8 Å². The van der Waals surface area contributed by atoms with Crippen LogP contribution < -0.4 is 5.32 Å². The van der Waals surface area contributed by atoms with Crippen LogP contribution >= 0.6 is 0 Å². The standard InChI is InChI=1S/C19H19FN2O3/c1-13-10-15(4-7-17(13)20)18-11-22(8-9-25-18)19(24)14-2-5-16(6-3-14)21-12-23/h2-7,10,12,18H,8-9,11H2,1H3,(H,21,23)/t18-/m0/s1. The molecule has 1 fully saturated rings. The van der Waals surface area contributed by atoms with E-state index >= 15 is 0 Å². The largest absolute Gasteiger partial charge is 0.370 e. The second-order valence-electron chi connectivity index (χ2n) is 5.96. The number of carbonyl (C=O) groups is 2. The molecule has 1 heterocycles. The van der Waals surface area contributed by atoms with Gasteiger partial charge >= 0.3 is 0 Å². The van der Waals surface area contributed by atoms with Crippen LogP contribution in [0.3, 0.4) is 0 Å². The van der Waals surface area contributed by atoms with Crippen LogP contribution in [0.5, 0.6) is 0 Å². The number of nitrogens with zero attached hydrogens (tertiary/aromatic N) is 1. The molecular weight excluding hydrogens is 323 g/mol. The average molecular weight is 342 g/mol. The van der Waals surface area contributed by atoms with Crippen molar-refractivity contribution in [2.75, 3.05) is 25.0 Å². The molecule has 3 rings (SSSR count). The molecule has 1 N–H and O–H groups in total. The van der Waals surface area contributed by atoms with Gasteiger partial charge in [-0.25, -0.2) is 4.39 Å². The lowest BCUT2D eigenvalue weighted by Crippen LogP contribution is -2.42. The number of anilines is 1. The van der Waals surface area contributed by atoms with Crippen LogP contribution in [0.1, 0.15) is 27.6 Å². The van der Waals surface area contributed by atoms with Crippen LogP contribution in [-0.2, 0) is 9.53 Å². The molecule has 0 radical (unpaired) electrons. The summed E-state index contributed by atoms with van der Waals surface area (Å²) >= 11 is 0. The van der Waals surface area contributed by atoms with Gasteiger partial charge in [0.1, 0.15) is 11.9 Å². The summed E-state index contributed by atoms with van der Waals surface area (Å²) in [4.78, 5) is 24.9. The van der Waals surface area contributed by atoms with Crippen molar-refractivity contribution in [3.63, 3.8) is 0 Å². The van der Waals surface area contributed by atoms with E-state index in [1.807, 2.05) is 0 Å². The molecule has 2 amide bonds. The zero-order valence-corrected chi connectivity index (χ0v) is 13.9. The van der Waals surface area contributed by atoms with Crippen molar-refractivity contribution in [3.05, 3.63) is 65.0 Å². The molecule has 1 aliphatic heterocycles. The Kier molecular flexibility index (Phi) is 5.09. The van der Waals surface area contributed by atoms with Crippen molar-refractivity contribution in [1.82, 2.24) is 4.90 Å². The Morgan fingerprint density at radius 2 is 2.04 bits per heavy atom. The molecule has 6 heteroatoms. The first-order valence-corrected chi connectivity index (χ1v) is 8.05. The van der Waals surface area contributed by atoms with Crippen LogP contribution in [0.2, 0.25) is 0 Å². The van der Waals surface area contributed by atoms with E-state index < -0.39 is 0 Å². The average Bonchev–Trinajstić information content (AvgIpc) is 2.64. The van der Waals surface area contributed by atoms with Crippen molar-refractivity contribution in [1.29, 1.82) is 0 Å². The number of nitrogens with one attached hydrogen (secondary N) is 1. The summed E-state index contributed by atoms with van der Waals surface area (Å²) in [5.41, 5.74) is 2.60. The molecule has 0 aromatic heterocycles. The van der Waals surface area contributed by atoms with Gasteiger partial charge in [-0.2, -0.15) is 0 Å². The Balaban J connectivity index is 1.72. The van der Waals surface area contributed by atoms with E-state index in [1.54, 1.807) is 48.2 Å². The lowest BCUT2D eigenvalue weighted by atomic mass is 10.0. The minimum absolute atomic E-state index is 0.0928. The van der Waals surface area contributed by atoms with Crippen molar-refractivity contribution < 1.29 is 18.7 Å². The van der Waals surface area contributed by atoms with E-state index in [9.17, 15) is 14.0 Å². The maximum absolute atomic E-state index is 13.4. The van der Waals surface area contributed by atoms with E-state index in [1.165, 1.54) is 6.07 Å². The molecule has 1 saturated heterocycles. The summed E-state index contributed by atoms with van der Waals surface area (Å²) < 4.78 is 19.2. The van der Waals surface area contributed by atoms with E-state index in [2.05, 4.69) is 5.32 Å². The number of carbonyl (C=O) groups excluding carboxylic acids is 2. The maximum atomic E-state index is 13.4. The SMILES string of the molecule is Cc1cc([C@@H]2CN(C(=O)c3ccc(NC=O)cc3)CCO2)ccc1F. The quantitative estimate of drug-likeness (QED) is 0.869. The molecule has 25 heavy (non-hydrogen) atoms. The minimum atomic E-state index is -0.270. The highest BCUT2D eigenvalue weighted by atomic mass is 19.1. The van der Waals surface area contributed by atoms with E-state index in [4.69, 9.17) is 4.74 Å². The van der Waals surface area contributed by atoms with Crippen LogP contribution in [0, 0.1) is 12.7 Å². The fourth-order valence-electron chi connectivity index (χ4n) is 2.86. The fraction of sp³-hybridized carbons (Fsp3) is 0.263. The Hall–Kier alpha value is -2.73. The summed E-state index contributed by atoms with van der Waals surface area (Å²) in [6.07, 6.45) is 0.321. The fourth-order valence-corrected chi connectivity index (χ4v) is 2.86. The molecule has 0 saturated carbocycles. The molecule has 0 unspecified atom stereocenters. The monoisotopic (exact) mass is 342 g/mol. The topological polar surface area (TPSA) is 58.6 Å². The predicted octanol–water partition coefficient (Wildman–Crippen LogP) is 2.92. The Labute approximate surface area is 145 Å². The van der Waals surface area contributed by atoms with Crippen molar-refractivity contribution in [2.45, 2.75) is 13.0 Å². The number of rotatable bonds is 4. The molecule has 2 aromatic rings. The number of ether oxygens (including phenoxy) is 1. The highest BCUT2D eigenvalue weighted by molar-refractivity contribution is 5.94.